The maximum absolute atomic E-state index is 10.8. The van der Waals surface area contributed by atoms with Crippen LogP contribution in [0.4, 0.5) is 11.4 Å². The van der Waals surface area contributed by atoms with Crippen LogP contribution >= 0.6 is 0 Å². The van der Waals surface area contributed by atoms with Crippen LogP contribution < -0.4 is 5.73 Å². The Balaban J connectivity index is 0.000000625. The van der Waals surface area contributed by atoms with Crippen molar-refractivity contribution in [3.05, 3.63) is 79.2 Å². The van der Waals surface area contributed by atoms with Crippen LogP contribution in [0.25, 0.3) is 11.4 Å². The fraction of sp³-hybridized carbons (Fsp3) is 0.273. The minimum absolute atomic E-state index is 0. The molecule has 1 heterocycles. The number of rotatable bonds is 5. The van der Waals surface area contributed by atoms with E-state index in [-0.39, 0.29) is 32.1 Å². The van der Waals surface area contributed by atoms with E-state index >= 15 is 0 Å². The number of aromatic nitrogens is 2. The molecule has 0 fully saturated rings. The Labute approximate surface area is 201 Å². The minimum atomic E-state index is -0.616. The van der Waals surface area contributed by atoms with Gasteiger partial charge >= 0.3 is 5.97 Å². The van der Waals surface area contributed by atoms with Gasteiger partial charge in [-0.05, 0) is 13.8 Å². The molecule has 0 aliphatic heterocycles. The van der Waals surface area contributed by atoms with Gasteiger partial charge < -0.3 is 15.1 Å². The molecule has 0 aliphatic rings. The predicted molar refractivity (Wildman–Crippen MR) is 130 cm³/mol. The van der Waals surface area contributed by atoms with Crippen LogP contribution in [0, 0.1) is 41.0 Å². The number of nitro groups is 2. The van der Waals surface area contributed by atoms with E-state index in [9.17, 15) is 25.0 Å². The van der Waals surface area contributed by atoms with E-state index in [1.807, 2.05) is 0 Å². The molecule has 1 aromatic heterocycles. The van der Waals surface area contributed by atoms with E-state index in [4.69, 9.17) is 10.3 Å². The van der Waals surface area contributed by atoms with Crippen molar-refractivity contribution in [2.24, 2.45) is 10.9 Å². The van der Waals surface area contributed by atoms with Gasteiger partial charge in [-0.25, -0.2) is 4.79 Å². The summed E-state index contributed by atoms with van der Waals surface area (Å²) >= 11 is 0. The fourth-order valence-corrected chi connectivity index (χ4v) is 2.49. The van der Waals surface area contributed by atoms with Crippen LogP contribution in [-0.4, -0.2) is 31.8 Å². The lowest BCUT2D eigenvalue weighted by Crippen LogP contribution is -2.15. The van der Waals surface area contributed by atoms with Crippen molar-refractivity contribution in [3.63, 3.8) is 0 Å². The van der Waals surface area contributed by atoms with E-state index in [1.54, 1.807) is 45.0 Å². The molecule has 35 heavy (non-hydrogen) atoms. The largest absolute Gasteiger partial charge is 0.380 e. The van der Waals surface area contributed by atoms with Crippen molar-refractivity contribution in [3.8, 4) is 11.4 Å². The molecule has 0 bridgehead atoms. The second kappa shape index (κ2) is 13.1. The molecule has 0 amide bonds. The van der Waals surface area contributed by atoms with Gasteiger partial charge in [-0.2, -0.15) is 4.98 Å². The third-order valence-electron chi connectivity index (χ3n) is 4.17. The number of hydrogen-bond acceptors (Lipinski definition) is 10. The minimum Gasteiger partial charge on any atom is -0.380 e. The summed E-state index contributed by atoms with van der Waals surface area (Å²) < 4.78 is 4.82. The zero-order valence-electron chi connectivity index (χ0n) is 18.1. The van der Waals surface area contributed by atoms with Gasteiger partial charge in [0.15, 0.2) is 5.84 Å². The zero-order valence-corrected chi connectivity index (χ0v) is 18.1. The molecule has 0 atom stereocenters. The summed E-state index contributed by atoms with van der Waals surface area (Å²) in [5.74, 6) is 0.0803. The van der Waals surface area contributed by atoms with Crippen molar-refractivity contribution in [1.82, 2.24) is 10.1 Å². The average Bonchev–Trinajstić information content (AvgIpc) is 3.19. The second-order valence-electron chi connectivity index (χ2n) is 6.71. The molecule has 13 heteroatoms. The first-order chi connectivity index (χ1) is 15.5. The number of amidine groups is 1. The van der Waals surface area contributed by atoms with E-state index in [0.717, 1.165) is 0 Å². The predicted octanol–water partition coefficient (Wildman–Crippen LogP) is 4.62. The molecule has 0 saturated heterocycles. The van der Waals surface area contributed by atoms with Gasteiger partial charge in [-0.1, -0.05) is 49.4 Å². The van der Waals surface area contributed by atoms with E-state index in [0.29, 0.717) is 34.0 Å². The molecule has 0 aliphatic carbocycles. The molecule has 0 saturated carbocycles. The highest BCUT2D eigenvalue weighted by atomic mass is 16.7. The topological polar surface area (TPSA) is 190 Å². The molecule has 2 N–H and O–H groups in total. The number of nitrogens with two attached hydrogens (primary N) is 1. The monoisotopic (exact) mass is 488 g/mol. The lowest BCUT2D eigenvalue weighted by Gasteiger charge is -2.02. The summed E-state index contributed by atoms with van der Waals surface area (Å²) in [5.41, 5.74) is 7.52. The smallest absolute Gasteiger partial charge is 0.332 e. The number of carbonyl (C=O) groups excluding carboxylic acids is 1. The highest BCUT2D eigenvalue weighted by Crippen LogP contribution is 2.24. The summed E-state index contributed by atoms with van der Waals surface area (Å²) in [7, 11) is 0. The van der Waals surface area contributed by atoms with Crippen LogP contribution in [0.5, 0.6) is 0 Å². The van der Waals surface area contributed by atoms with Gasteiger partial charge in [0.05, 0.1) is 9.85 Å². The van der Waals surface area contributed by atoms with Crippen LogP contribution in [0.15, 0.2) is 46.1 Å². The van der Waals surface area contributed by atoms with Crippen molar-refractivity contribution >= 4 is 23.2 Å². The lowest BCUT2D eigenvalue weighted by atomic mass is 10.1. The van der Waals surface area contributed by atoms with Crippen molar-refractivity contribution in [2.75, 3.05) is 0 Å². The Bertz CT molecular complexity index is 1240. The van der Waals surface area contributed by atoms with E-state index < -0.39 is 15.8 Å². The second-order valence-corrected chi connectivity index (χ2v) is 6.71. The first-order valence-electron chi connectivity index (χ1n) is 9.31. The quantitative estimate of drug-likeness (QED) is 0.174. The first kappa shape index (κ1) is 30.3. The lowest BCUT2D eigenvalue weighted by molar-refractivity contribution is -0.385. The molecular weight excluding hydrogens is 460 g/mol. The Kier molecular flexibility index (Phi) is 11.4. The molecule has 0 radical (unpaired) electrons. The fourth-order valence-electron chi connectivity index (χ4n) is 2.49. The van der Waals surface area contributed by atoms with Crippen LogP contribution in [0.1, 0.15) is 44.4 Å². The molecule has 188 valence electrons. The average molecular weight is 489 g/mol. The number of nitro benzene ring substituents is 2. The standard InChI is InChI=1S/C10H11N3O4.C10H9N3O3.2CH4/c1-6-3-4-8(5-9(6)13(15)16)10(11)12-17-7(2)14;1-6-3-4-8(5-9(6)13(14)15)10-11-7(2)16-12-10;;/h3-5H,1-2H3,(H2,11,12);3-5H,1-2H3;2*1H4. The third-order valence-corrected chi connectivity index (χ3v) is 4.17. The SMILES string of the molecule is C.C.CC(=O)O/N=C(\N)c1ccc(C)c([N+](=O)[O-])c1.Cc1nc(-c2ccc(C)c([N+](=O)[O-])c2)no1. The van der Waals surface area contributed by atoms with Crippen molar-refractivity contribution in [1.29, 1.82) is 0 Å². The summed E-state index contributed by atoms with van der Waals surface area (Å²) in [6.07, 6.45) is 0. The molecule has 3 rings (SSSR count). The Morgan fingerprint density at radius 2 is 1.54 bits per heavy atom. The van der Waals surface area contributed by atoms with Gasteiger partial charge in [-0.3, -0.25) is 20.2 Å². The summed E-state index contributed by atoms with van der Waals surface area (Å²) in [4.78, 5) is 39.4. The molecule has 0 unspecified atom stereocenters. The number of nitrogens with zero attached hydrogens (tertiary/aromatic N) is 5. The summed E-state index contributed by atoms with van der Waals surface area (Å²) in [6.45, 7) is 6.14. The van der Waals surface area contributed by atoms with Crippen molar-refractivity contribution in [2.45, 2.75) is 42.5 Å². The van der Waals surface area contributed by atoms with Gasteiger partial charge in [0.25, 0.3) is 11.4 Å². The Morgan fingerprint density at radius 1 is 1.00 bits per heavy atom. The molecule has 2 aromatic carbocycles. The van der Waals surface area contributed by atoms with Crippen LogP contribution in [0.3, 0.4) is 0 Å². The van der Waals surface area contributed by atoms with Gasteiger partial charge in [0.1, 0.15) is 0 Å². The number of benzene rings is 2. The van der Waals surface area contributed by atoms with Gasteiger partial charge in [-0.15, -0.1) is 0 Å². The Morgan fingerprint density at radius 3 is 2.03 bits per heavy atom. The molecule has 13 nitrogen and oxygen atoms in total. The number of hydrogen-bond donors (Lipinski definition) is 1. The molecular formula is C22H28N6O7. The van der Waals surface area contributed by atoms with Crippen LogP contribution in [-0.2, 0) is 9.63 Å². The van der Waals surface area contributed by atoms with Gasteiger partial charge in [0, 0.05) is 48.2 Å². The summed E-state index contributed by atoms with van der Waals surface area (Å²) in [6, 6.07) is 9.22. The maximum Gasteiger partial charge on any atom is 0.332 e. The Hall–Kier alpha value is -4.68. The van der Waals surface area contributed by atoms with Crippen molar-refractivity contribution < 1.29 is 24.0 Å². The first-order valence-corrected chi connectivity index (χ1v) is 9.31. The summed E-state index contributed by atoms with van der Waals surface area (Å²) in [5, 5.41) is 28.5. The highest BCUT2D eigenvalue weighted by molar-refractivity contribution is 5.98. The van der Waals surface area contributed by atoms with E-state index in [1.165, 1.54) is 19.1 Å². The van der Waals surface area contributed by atoms with Gasteiger partial charge in [0.2, 0.25) is 11.7 Å². The molecule has 0 spiro atoms. The number of oxime groups is 1. The molecule has 3 aromatic rings. The third kappa shape index (κ3) is 8.31. The zero-order chi connectivity index (χ0) is 24.7. The normalized spacial score (nSPS) is 10.1. The van der Waals surface area contributed by atoms with Crippen LogP contribution in [0.2, 0.25) is 0 Å². The number of aryl methyl sites for hydroxylation is 3. The maximum atomic E-state index is 10.8. The highest BCUT2D eigenvalue weighted by Gasteiger charge is 2.15. The van der Waals surface area contributed by atoms with E-state index in [2.05, 4.69) is 20.1 Å². The number of carbonyl (C=O) groups is 1.